The molecule has 0 bridgehead atoms. The van der Waals surface area contributed by atoms with Crippen LogP contribution in [0.5, 0.6) is 17.2 Å². The summed E-state index contributed by atoms with van der Waals surface area (Å²) in [5, 5.41) is 6.08. The molecule has 5 heterocycles. The second-order valence-electron chi connectivity index (χ2n) is 15.5. The second-order valence-corrected chi connectivity index (χ2v) is 15.5. The highest BCUT2D eigenvalue weighted by molar-refractivity contribution is 6.23. The van der Waals surface area contributed by atoms with E-state index in [1.165, 1.54) is 22.8 Å². The van der Waals surface area contributed by atoms with Crippen LogP contribution >= 0.6 is 0 Å². The van der Waals surface area contributed by atoms with Crippen molar-refractivity contribution in [2.45, 2.75) is 38.1 Å². The van der Waals surface area contributed by atoms with Crippen LogP contribution in [-0.4, -0.2) is 125 Å². The number of ether oxygens (including phenoxy) is 4. The maximum Gasteiger partial charge on any atom is 0.323 e. The van der Waals surface area contributed by atoms with E-state index in [1.807, 2.05) is 23.1 Å². The number of imide groups is 2. The van der Waals surface area contributed by atoms with Crippen LogP contribution < -0.4 is 30.4 Å². The second kappa shape index (κ2) is 17.1. The Hall–Kier alpha value is -7.15. The molecule has 1 aliphatic carbocycles. The molecule has 19 nitrogen and oxygen atoms in total. The minimum atomic E-state index is -1.75. The summed E-state index contributed by atoms with van der Waals surface area (Å²) >= 11 is 0. The van der Waals surface area contributed by atoms with Gasteiger partial charge in [0.1, 0.15) is 23.3 Å². The lowest BCUT2D eigenvalue weighted by atomic mass is 9.99. The number of carbonyl (C=O) groups excluding carboxylic acids is 7. The lowest BCUT2D eigenvalue weighted by Crippen LogP contribution is -2.54. The molecule has 3 aliphatic heterocycles. The van der Waals surface area contributed by atoms with Crippen molar-refractivity contribution in [3.8, 4) is 28.4 Å². The number of hydrogen-bond donors (Lipinski definition) is 2. The summed E-state index contributed by atoms with van der Waals surface area (Å²) in [6.07, 6.45) is 3.77. The van der Waals surface area contributed by atoms with Crippen molar-refractivity contribution >= 4 is 52.7 Å². The summed E-state index contributed by atoms with van der Waals surface area (Å²) in [5.41, 5.74) is 2.28. The highest BCUT2D eigenvalue weighted by atomic mass is 16.7. The first-order valence-electron chi connectivity index (χ1n) is 20.0. The lowest BCUT2D eigenvalue weighted by molar-refractivity contribution is -0.162. The number of fused-ring (bicyclic) bond motifs is 2. The fraction of sp³-hybridized carbons (Fsp3) is 0.372. The van der Waals surface area contributed by atoms with Gasteiger partial charge in [0.25, 0.3) is 23.8 Å². The number of nitrogens with zero attached hydrogens (tertiary/aromatic N) is 5. The predicted molar refractivity (Wildman–Crippen MR) is 217 cm³/mol. The molecule has 8 rings (SSSR count). The summed E-state index contributed by atoms with van der Waals surface area (Å²) in [6.45, 7) is 2.87. The molecule has 62 heavy (non-hydrogen) atoms. The van der Waals surface area contributed by atoms with Gasteiger partial charge < -0.3 is 33.7 Å². The third-order valence-electron chi connectivity index (χ3n) is 11.8. The number of rotatable bonds is 14. The third-order valence-corrected chi connectivity index (χ3v) is 11.8. The van der Waals surface area contributed by atoms with Crippen LogP contribution in [0.1, 0.15) is 45.5 Å². The molecule has 0 radical (unpaired) electrons. The highest BCUT2D eigenvalue weighted by Gasteiger charge is 2.47. The van der Waals surface area contributed by atoms with Crippen molar-refractivity contribution in [2.24, 2.45) is 18.9 Å². The van der Waals surface area contributed by atoms with Gasteiger partial charge in [0.15, 0.2) is 0 Å². The summed E-state index contributed by atoms with van der Waals surface area (Å²) < 4.78 is 23.8. The molecule has 0 spiro atoms. The largest absolute Gasteiger partial charge is 0.496 e. The Bertz CT molecular complexity index is 2560. The van der Waals surface area contributed by atoms with Gasteiger partial charge in [-0.15, -0.1) is 0 Å². The van der Waals surface area contributed by atoms with Gasteiger partial charge in [-0.25, -0.2) is 0 Å². The zero-order valence-electron chi connectivity index (χ0n) is 34.1. The zero-order valence-corrected chi connectivity index (χ0v) is 34.1. The van der Waals surface area contributed by atoms with Crippen molar-refractivity contribution in [3.63, 3.8) is 0 Å². The minimum Gasteiger partial charge on any atom is -0.496 e. The topological polar surface area (TPSA) is 225 Å². The molecule has 19 heteroatoms. The van der Waals surface area contributed by atoms with E-state index < -0.39 is 41.9 Å². The Morgan fingerprint density at radius 1 is 0.935 bits per heavy atom. The SMILES string of the molecule is COc1cc(-c2cn(C)c(=O)c3cnccc23)cc(OC)c1CN1CCN(C(=O)C2CC2CNC(=O)C(OC=O)Oc2ccc3c(c2)C(=O)N(C2CCC(=O)NC2=O)C3=O)CC1. The van der Waals surface area contributed by atoms with Crippen LogP contribution in [0.4, 0.5) is 0 Å². The molecule has 4 aromatic rings. The van der Waals surface area contributed by atoms with E-state index in [1.54, 1.807) is 39.9 Å². The maximum absolute atomic E-state index is 13.5. The van der Waals surface area contributed by atoms with Crippen LogP contribution in [0.3, 0.4) is 0 Å². The van der Waals surface area contributed by atoms with Crippen molar-refractivity contribution in [1.29, 1.82) is 0 Å². The molecule has 3 fully saturated rings. The number of carbonyl (C=O) groups is 7. The summed E-state index contributed by atoms with van der Waals surface area (Å²) in [5.74, 6) is -2.78. The molecule has 4 unspecified atom stereocenters. The van der Waals surface area contributed by atoms with Crippen molar-refractivity contribution in [1.82, 2.24) is 34.9 Å². The number of amides is 6. The number of nitrogens with one attached hydrogen (secondary N) is 2. The molecule has 322 valence electrons. The normalized spacial score (nSPS) is 20.3. The van der Waals surface area contributed by atoms with Crippen LogP contribution in [0.25, 0.3) is 21.9 Å². The Labute approximate surface area is 353 Å². The highest BCUT2D eigenvalue weighted by Crippen LogP contribution is 2.41. The minimum absolute atomic E-state index is 0.00776. The van der Waals surface area contributed by atoms with Gasteiger partial charge in [-0.3, -0.25) is 58.5 Å². The number of piperazine rings is 1. The van der Waals surface area contributed by atoms with Crippen LogP contribution in [0.2, 0.25) is 0 Å². The smallest absolute Gasteiger partial charge is 0.323 e. The number of methoxy groups -OCH3 is 2. The average molecular weight is 850 g/mol. The van der Waals surface area contributed by atoms with Crippen LogP contribution in [0.15, 0.2) is 59.8 Å². The molecule has 1 saturated carbocycles. The van der Waals surface area contributed by atoms with E-state index in [2.05, 4.69) is 20.5 Å². The third kappa shape index (κ3) is 7.93. The van der Waals surface area contributed by atoms with Gasteiger partial charge in [0.2, 0.25) is 17.7 Å². The van der Waals surface area contributed by atoms with Gasteiger partial charge >= 0.3 is 12.2 Å². The number of aryl methyl sites for hydroxylation is 1. The van der Waals surface area contributed by atoms with E-state index in [0.717, 1.165) is 27.0 Å². The van der Waals surface area contributed by atoms with Crippen molar-refractivity contribution in [2.75, 3.05) is 46.9 Å². The van der Waals surface area contributed by atoms with Crippen molar-refractivity contribution in [3.05, 3.63) is 82.0 Å². The summed E-state index contributed by atoms with van der Waals surface area (Å²) in [7, 11) is 4.90. The number of aromatic nitrogens is 2. The summed E-state index contributed by atoms with van der Waals surface area (Å²) in [6, 6.07) is 8.36. The fourth-order valence-electron chi connectivity index (χ4n) is 8.35. The first kappa shape index (κ1) is 41.6. The zero-order chi connectivity index (χ0) is 43.8. The van der Waals surface area contributed by atoms with Crippen LogP contribution in [-0.2, 0) is 42.3 Å². The molecule has 2 aromatic heterocycles. The Kier molecular flexibility index (Phi) is 11.5. The number of piperidine rings is 1. The molecule has 2 N–H and O–H groups in total. The predicted octanol–water partition coefficient (Wildman–Crippen LogP) is 0.994. The number of hydrogen-bond acceptors (Lipinski definition) is 14. The molecule has 2 saturated heterocycles. The van der Waals surface area contributed by atoms with Gasteiger partial charge in [0.05, 0.1) is 36.3 Å². The monoisotopic (exact) mass is 849 g/mol. The Morgan fingerprint density at radius 2 is 1.66 bits per heavy atom. The van der Waals surface area contributed by atoms with E-state index >= 15 is 0 Å². The Balaban J connectivity index is 0.838. The molecule has 4 aliphatic rings. The quantitative estimate of drug-likeness (QED) is 0.103. The lowest BCUT2D eigenvalue weighted by Gasteiger charge is -2.35. The molecular formula is C43H43N7O12. The Morgan fingerprint density at radius 3 is 2.35 bits per heavy atom. The first-order chi connectivity index (χ1) is 29.9. The average Bonchev–Trinajstić information content (AvgIpc) is 4.02. The molecule has 2 aromatic carbocycles. The van der Waals surface area contributed by atoms with Crippen LogP contribution in [0, 0.1) is 11.8 Å². The van der Waals surface area contributed by atoms with E-state index in [0.29, 0.717) is 56.0 Å². The van der Waals surface area contributed by atoms with E-state index in [9.17, 15) is 38.4 Å². The molecule has 6 amide bonds. The van der Waals surface area contributed by atoms with Gasteiger partial charge in [-0.2, -0.15) is 0 Å². The van der Waals surface area contributed by atoms with Crippen molar-refractivity contribution < 1.29 is 52.5 Å². The van der Waals surface area contributed by atoms with E-state index in [4.69, 9.17) is 18.9 Å². The number of benzene rings is 2. The molecular weight excluding hydrogens is 807 g/mol. The maximum atomic E-state index is 13.5. The number of pyridine rings is 2. The van der Waals surface area contributed by atoms with Gasteiger partial charge in [0, 0.05) is 82.8 Å². The molecule has 4 atom stereocenters. The van der Waals surface area contributed by atoms with Gasteiger partial charge in [-0.05, 0) is 66.1 Å². The first-order valence-corrected chi connectivity index (χ1v) is 20.0. The summed E-state index contributed by atoms with van der Waals surface area (Å²) in [4.78, 5) is 110. The fourth-order valence-corrected chi connectivity index (χ4v) is 8.35. The van der Waals surface area contributed by atoms with Gasteiger partial charge in [-0.1, -0.05) is 0 Å². The standard InChI is InChI=1S/C43H43N7O12/c1-47-20-31(26-8-9-44-19-30(26)39(47)55)23-15-34(59-2)32(35(16-23)60-3)21-48-10-12-49(13-11-48)40(56)28-14-24(28)18-45-38(54)43(61-22-51)62-25-4-5-27-29(17-25)42(58)50(41(27)57)33-6-7-36(52)46-37(33)53/h4-5,8-9,15-17,19-20,22,24,28,33,43H,6-7,10-14,18,21H2,1-3H3,(H,45,54)(H,46,52,53). The van der Waals surface area contributed by atoms with E-state index in [-0.39, 0.29) is 66.0 Å².